The molecule has 7 nitrogen and oxygen atoms in total. The van der Waals surface area contributed by atoms with Gasteiger partial charge in [-0.1, -0.05) is 0 Å². The normalized spacial score (nSPS) is 16.1. The molecule has 1 N–H and O–H groups in total. The number of rotatable bonds is 4. The second kappa shape index (κ2) is 6.69. The fourth-order valence-electron chi connectivity index (χ4n) is 1.91. The van der Waals surface area contributed by atoms with E-state index < -0.39 is 35.1 Å². The van der Waals surface area contributed by atoms with Gasteiger partial charge in [0.2, 0.25) is 0 Å². The molecule has 0 spiro atoms. The minimum atomic E-state index is -1.36. The molecule has 1 heterocycles. The lowest BCUT2D eigenvalue weighted by Gasteiger charge is -2.29. The molecule has 8 heteroatoms. The molecule has 1 fully saturated rings. The number of nitrogens with one attached hydrogen (secondary N) is 1. The van der Waals surface area contributed by atoms with Crippen LogP contribution in [0.15, 0.2) is 30.0 Å². The average molecular weight is 337 g/mol. The zero-order valence-electron chi connectivity index (χ0n) is 13.3. The minimum absolute atomic E-state index is 0.113. The van der Waals surface area contributed by atoms with Gasteiger partial charge in [-0.2, -0.15) is 0 Å². The van der Waals surface area contributed by atoms with Crippen molar-refractivity contribution in [1.82, 2.24) is 0 Å². The maximum atomic E-state index is 13.8. The molecule has 1 aliphatic rings. The number of hydrogen-bond donors (Lipinski definition) is 1. The first kappa shape index (κ1) is 17.5. The number of halogens is 1. The molecular formula is C16H16FNO6. The van der Waals surface area contributed by atoms with Crippen LogP contribution in [-0.4, -0.2) is 30.3 Å². The first-order chi connectivity index (χ1) is 11.2. The molecule has 0 radical (unpaired) electrons. The Morgan fingerprint density at radius 3 is 2.50 bits per heavy atom. The zero-order valence-corrected chi connectivity index (χ0v) is 13.3. The Morgan fingerprint density at radius 2 is 1.92 bits per heavy atom. The molecule has 1 aromatic rings. The van der Waals surface area contributed by atoms with Crippen molar-refractivity contribution in [1.29, 1.82) is 0 Å². The van der Waals surface area contributed by atoms with Gasteiger partial charge in [-0.05, 0) is 25.1 Å². The van der Waals surface area contributed by atoms with Crippen LogP contribution in [0.4, 0.5) is 10.1 Å². The molecule has 0 aromatic heterocycles. The quantitative estimate of drug-likeness (QED) is 0.511. The maximum absolute atomic E-state index is 13.8. The number of carbonyl (C=O) groups is 3. The topological polar surface area (TPSA) is 90.9 Å². The first-order valence-electron chi connectivity index (χ1n) is 7.13. The molecule has 1 aromatic carbocycles. The molecule has 0 atom stereocenters. The number of ether oxygens (including phenoxy) is 3. The van der Waals surface area contributed by atoms with Crippen LogP contribution in [-0.2, 0) is 23.8 Å². The Bertz CT molecular complexity index is 703. The molecule has 1 aliphatic heterocycles. The molecule has 0 saturated carbocycles. The van der Waals surface area contributed by atoms with Crippen molar-refractivity contribution in [3.8, 4) is 0 Å². The monoisotopic (exact) mass is 337 g/mol. The van der Waals surface area contributed by atoms with Crippen molar-refractivity contribution < 1.29 is 33.0 Å². The Hall–Kier alpha value is -2.90. The van der Waals surface area contributed by atoms with E-state index in [1.165, 1.54) is 26.0 Å². The van der Waals surface area contributed by atoms with E-state index in [0.717, 1.165) is 12.3 Å². The summed E-state index contributed by atoms with van der Waals surface area (Å²) < 4.78 is 28.5. The standard InChI is InChI=1S/C16H16FNO6/c1-4-22-13(19)9-5-6-11(17)12(7-9)18-8-10-14(20)23-16(2,3)24-15(10)21/h5-8,18H,4H2,1-3H3. The SMILES string of the molecule is CCOC(=O)c1ccc(F)c(NC=C2C(=O)OC(C)(C)OC2=O)c1. The van der Waals surface area contributed by atoms with E-state index in [9.17, 15) is 18.8 Å². The van der Waals surface area contributed by atoms with Crippen molar-refractivity contribution in [2.75, 3.05) is 11.9 Å². The van der Waals surface area contributed by atoms with E-state index in [2.05, 4.69) is 5.32 Å². The second-order valence-electron chi connectivity index (χ2n) is 5.30. The fraction of sp³-hybridized carbons (Fsp3) is 0.312. The summed E-state index contributed by atoms with van der Waals surface area (Å²) in [6.45, 7) is 4.65. The number of benzene rings is 1. The van der Waals surface area contributed by atoms with Crippen LogP contribution in [0.25, 0.3) is 0 Å². The molecule has 0 amide bonds. The Labute approximate surface area is 137 Å². The number of esters is 3. The van der Waals surface area contributed by atoms with Gasteiger partial charge in [0.15, 0.2) is 5.57 Å². The molecule has 128 valence electrons. The van der Waals surface area contributed by atoms with Crippen LogP contribution < -0.4 is 5.32 Å². The number of hydrogen-bond acceptors (Lipinski definition) is 7. The van der Waals surface area contributed by atoms with Crippen molar-refractivity contribution in [2.24, 2.45) is 0 Å². The average Bonchev–Trinajstić information content (AvgIpc) is 2.47. The molecule has 0 bridgehead atoms. The van der Waals surface area contributed by atoms with Gasteiger partial charge >= 0.3 is 17.9 Å². The summed E-state index contributed by atoms with van der Waals surface area (Å²) in [5.41, 5.74) is -0.414. The van der Waals surface area contributed by atoms with E-state index >= 15 is 0 Å². The highest BCUT2D eigenvalue weighted by molar-refractivity contribution is 6.15. The molecule has 24 heavy (non-hydrogen) atoms. The van der Waals surface area contributed by atoms with Crippen LogP contribution in [0.1, 0.15) is 31.1 Å². The third-order valence-corrected chi connectivity index (χ3v) is 2.97. The van der Waals surface area contributed by atoms with Crippen molar-refractivity contribution in [3.05, 3.63) is 41.4 Å². The summed E-state index contributed by atoms with van der Waals surface area (Å²) in [5, 5.41) is 2.46. The van der Waals surface area contributed by atoms with E-state index in [-0.39, 0.29) is 17.9 Å². The van der Waals surface area contributed by atoms with Gasteiger partial charge in [-0.3, -0.25) is 0 Å². The Morgan fingerprint density at radius 1 is 1.29 bits per heavy atom. The van der Waals surface area contributed by atoms with Crippen molar-refractivity contribution >= 4 is 23.6 Å². The molecule has 2 rings (SSSR count). The molecule has 0 unspecified atom stereocenters. The van der Waals surface area contributed by atoms with E-state index in [4.69, 9.17) is 14.2 Å². The summed E-state index contributed by atoms with van der Waals surface area (Å²) >= 11 is 0. The lowest BCUT2D eigenvalue weighted by molar-refractivity contribution is -0.222. The highest BCUT2D eigenvalue weighted by Gasteiger charge is 2.38. The summed E-state index contributed by atoms with van der Waals surface area (Å²) in [6, 6.07) is 3.53. The number of cyclic esters (lactones) is 2. The Balaban J connectivity index is 2.22. The lowest BCUT2D eigenvalue weighted by atomic mass is 10.2. The van der Waals surface area contributed by atoms with Crippen LogP contribution in [0.5, 0.6) is 0 Å². The third kappa shape index (κ3) is 3.89. The fourth-order valence-corrected chi connectivity index (χ4v) is 1.91. The third-order valence-electron chi connectivity index (χ3n) is 2.97. The van der Waals surface area contributed by atoms with Gasteiger partial charge in [0.05, 0.1) is 17.9 Å². The highest BCUT2D eigenvalue weighted by atomic mass is 19.1. The highest BCUT2D eigenvalue weighted by Crippen LogP contribution is 2.23. The number of carbonyl (C=O) groups excluding carboxylic acids is 3. The van der Waals surface area contributed by atoms with Crippen LogP contribution in [0.2, 0.25) is 0 Å². The maximum Gasteiger partial charge on any atom is 0.350 e. The second-order valence-corrected chi connectivity index (χ2v) is 5.30. The van der Waals surface area contributed by atoms with Crippen LogP contribution in [0.3, 0.4) is 0 Å². The van der Waals surface area contributed by atoms with Gasteiger partial charge < -0.3 is 19.5 Å². The van der Waals surface area contributed by atoms with Gasteiger partial charge in [-0.25, -0.2) is 18.8 Å². The van der Waals surface area contributed by atoms with E-state index in [1.54, 1.807) is 6.92 Å². The largest absolute Gasteiger partial charge is 0.462 e. The van der Waals surface area contributed by atoms with Crippen molar-refractivity contribution in [3.63, 3.8) is 0 Å². The predicted octanol–water partition coefficient (Wildman–Crippen LogP) is 2.13. The van der Waals surface area contributed by atoms with Crippen LogP contribution >= 0.6 is 0 Å². The molecule has 1 saturated heterocycles. The van der Waals surface area contributed by atoms with E-state index in [1.807, 2.05) is 0 Å². The summed E-state index contributed by atoms with van der Waals surface area (Å²) in [7, 11) is 0. The predicted molar refractivity (Wildman–Crippen MR) is 80.3 cm³/mol. The van der Waals surface area contributed by atoms with Gasteiger partial charge in [0, 0.05) is 20.0 Å². The van der Waals surface area contributed by atoms with Crippen LogP contribution in [0, 0.1) is 5.82 Å². The molecule has 0 aliphatic carbocycles. The lowest BCUT2D eigenvalue weighted by Crippen LogP contribution is -2.42. The summed E-state index contributed by atoms with van der Waals surface area (Å²) in [5.74, 6) is -4.46. The van der Waals surface area contributed by atoms with Gasteiger partial charge in [0.1, 0.15) is 5.82 Å². The Kier molecular flexibility index (Phi) is 4.87. The smallest absolute Gasteiger partial charge is 0.350 e. The number of anilines is 1. The minimum Gasteiger partial charge on any atom is -0.462 e. The summed E-state index contributed by atoms with van der Waals surface area (Å²) in [6.07, 6.45) is 0.966. The first-order valence-corrected chi connectivity index (χ1v) is 7.13. The van der Waals surface area contributed by atoms with Gasteiger partial charge in [0.25, 0.3) is 5.79 Å². The van der Waals surface area contributed by atoms with Gasteiger partial charge in [-0.15, -0.1) is 0 Å². The molecular weight excluding hydrogens is 321 g/mol. The van der Waals surface area contributed by atoms with Crippen molar-refractivity contribution in [2.45, 2.75) is 26.6 Å². The zero-order chi connectivity index (χ0) is 17.9. The van der Waals surface area contributed by atoms with E-state index in [0.29, 0.717) is 0 Å². The summed E-state index contributed by atoms with van der Waals surface area (Å²) in [4.78, 5) is 35.2.